The standard InChI is InChI=1S/C25H36O6/c1-13-8-7-9-25-12-15(3)17(22(27)29-6)11-18(25)21-24(5,23(28)31-25)20(26)16(4)19(30-21)14(2)10-13/h13-15,17-19,21H,4,7-12H2,1-3,5-6H3/t13-,14?,15+,17+,18-,19-,21+,24+,25+/m1/s1. The summed E-state index contributed by atoms with van der Waals surface area (Å²) in [6.45, 7) is 12.1. The van der Waals surface area contributed by atoms with Crippen LogP contribution in [0.25, 0.3) is 0 Å². The largest absolute Gasteiger partial charge is 0.469 e. The summed E-state index contributed by atoms with van der Waals surface area (Å²) in [5.74, 6) is -0.908. The Morgan fingerprint density at radius 1 is 1.16 bits per heavy atom. The predicted molar refractivity (Wildman–Crippen MR) is 114 cm³/mol. The predicted octanol–water partition coefficient (Wildman–Crippen LogP) is 3.86. The van der Waals surface area contributed by atoms with E-state index in [4.69, 9.17) is 14.2 Å². The lowest BCUT2D eigenvalue weighted by molar-refractivity contribution is -0.254. The third-order valence-corrected chi connectivity index (χ3v) is 8.68. The van der Waals surface area contributed by atoms with Crippen molar-refractivity contribution in [2.24, 2.45) is 35.0 Å². The van der Waals surface area contributed by atoms with Crippen molar-refractivity contribution in [3.05, 3.63) is 12.2 Å². The molecule has 4 fully saturated rings. The maximum atomic E-state index is 13.5. The van der Waals surface area contributed by atoms with Gasteiger partial charge in [-0.1, -0.05) is 33.8 Å². The van der Waals surface area contributed by atoms with Gasteiger partial charge in [-0.05, 0) is 56.8 Å². The van der Waals surface area contributed by atoms with Crippen LogP contribution in [0.5, 0.6) is 0 Å². The van der Waals surface area contributed by atoms with E-state index >= 15 is 0 Å². The number of hydrogen-bond acceptors (Lipinski definition) is 6. The molecule has 1 unspecified atom stereocenters. The first-order valence-electron chi connectivity index (χ1n) is 11.8. The fourth-order valence-corrected chi connectivity index (χ4v) is 6.96. The molecule has 3 aliphatic heterocycles. The Labute approximate surface area is 185 Å². The molecule has 0 spiro atoms. The Morgan fingerprint density at radius 3 is 2.55 bits per heavy atom. The number of ketones is 1. The van der Waals surface area contributed by atoms with E-state index in [1.54, 1.807) is 6.92 Å². The molecule has 1 aliphatic carbocycles. The summed E-state index contributed by atoms with van der Waals surface area (Å²) in [4.78, 5) is 39.5. The number of fused-ring (bicyclic) bond motifs is 1. The van der Waals surface area contributed by atoms with E-state index in [0.717, 1.165) is 25.7 Å². The Morgan fingerprint density at radius 2 is 1.87 bits per heavy atom. The molecule has 0 radical (unpaired) electrons. The quantitative estimate of drug-likeness (QED) is 0.356. The van der Waals surface area contributed by atoms with Crippen LogP contribution < -0.4 is 0 Å². The fraction of sp³-hybridized carbons (Fsp3) is 0.800. The second-order valence-electron chi connectivity index (χ2n) is 10.9. The molecule has 4 aliphatic rings. The number of carbonyl (C=O) groups is 3. The Balaban J connectivity index is 1.84. The molecule has 4 rings (SSSR count). The van der Waals surface area contributed by atoms with Gasteiger partial charge in [0, 0.05) is 11.5 Å². The Bertz CT molecular complexity index is 804. The van der Waals surface area contributed by atoms with Crippen molar-refractivity contribution < 1.29 is 28.6 Å². The van der Waals surface area contributed by atoms with Crippen molar-refractivity contribution in [2.45, 2.75) is 84.0 Å². The topological polar surface area (TPSA) is 78.9 Å². The van der Waals surface area contributed by atoms with Gasteiger partial charge in [-0.2, -0.15) is 0 Å². The summed E-state index contributed by atoms with van der Waals surface area (Å²) in [5, 5.41) is 0. The van der Waals surface area contributed by atoms with Gasteiger partial charge >= 0.3 is 11.9 Å². The minimum Gasteiger partial charge on any atom is -0.469 e. The van der Waals surface area contributed by atoms with Gasteiger partial charge in [0.05, 0.1) is 25.2 Å². The Hall–Kier alpha value is -1.69. The highest BCUT2D eigenvalue weighted by atomic mass is 16.6. The summed E-state index contributed by atoms with van der Waals surface area (Å²) < 4.78 is 18.0. The lowest BCUT2D eigenvalue weighted by Crippen LogP contribution is -2.70. The van der Waals surface area contributed by atoms with Crippen molar-refractivity contribution in [3.8, 4) is 0 Å². The average Bonchev–Trinajstić information content (AvgIpc) is 2.72. The zero-order chi connectivity index (χ0) is 22.7. The van der Waals surface area contributed by atoms with E-state index in [1.807, 2.05) is 6.92 Å². The third-order valence-electron chi connectivity index (χ3n) is 8.68. The molecule has 6 nitrogen and oxygen atoms in total. The van der Waals surface area contributed by atoms with Gasteiger partial charge in [-0.3, -0.25) is 14.4 Å². The molecule has 172 valence electrons. The van der Waals surface area contributed by atoms with Crippen LogP contribution in [0.15, 0.2) is 12.2 Å². The highest BCUT2D eigenvalue weighted by Crippen LogP contribution is 2.58. The second-order valence-corrected chi connectivity index (χ2v) is 10.9. The summed E-state index contributed by atoms with van der Waals surface area (Å²) in [6, 6.07) is 0. The summed E-state index contributed by atoms with van der Waals surface area (Å²) in [5.41, 5.74) is -1.75. The van der Waals surface area contributed by atoms with Gasteiger partial charge in [0.15, 0.2) is 11.2 Å². The summed E-state index contributed by atoms with van der Waals surface area (Å²) >= 11 is 0. The lowest BCUT2D eigenvalue weighted by Gasteiger charge is -2.59. The van der Waals surface area contributed by atoms with Crippen LogP contribution in [0.3, 0.4) is 0 Å². The third kappa shape index (κ3) is 3.28. The number of rotatable bonds is 1. The zero-order valence-electron chi connectivity index (χ0n) is 19.4. The van der Waals surface area contributed by atoms with Crippen LogP contribution in [0.2, 0.25) is 0 Å². The van der Waals surface area contributed by atoms with Crippen molar-refractivity contribution in [1.82, 2.24) is 0 Å². The minimum absolute atomic E-state index is 0.0207. The normalized spacial score (nSPS) is 47.8. The first kappa shape index (κ1) is 22.5. The molecule has 0 aromatic heterocycles. The van der Waals surface area contributed by atoms with Crippen LogP contribution in [0.1, 0.15) is 66.2 Å². The molecule has 0 amide bonds. The van der Waals surface area contributed by atoms with Crippen molar-refractivity contribution in [1.29, 1.82) is 0 Å². The SMILES string of the molecule is C=C1C(=O)[C@]2(C)C(=O)O[C@]34CCC[C@@H](C)CC(C)[C@H]1O[C@H]2[C@H]3C[C@H](C(=O)OC)[C@@H](C)C4. The number of methoxy groups -OCH3 is 1. The molecule has 1 saturated carbocycles. The molecule has 3 heterocycles. The maximum Gasteiger partial charge on any atom is 0.322 e. The van der Waals surface area contributed by atoms with E-state index in [1.165, 1.54) is 7.11 Å². The van der Waals surface area contributed by atoms with Crippen LogP contribution in [-0.2, 0) is 28.6 Å². The first-order chi connectivity index (χ1) is 14.5. The first-order valence-corrected chi connectivity index (χ1v) is 11.8. The van der Waals surface area contributed by atoms with Crippen LogP contribution in [-0.4, -0.2) is 42.6 Å². The molecule has 3 bridgehead atoms. The van der Waals surface area contributed by atoms with Gasteiger partial charge in [-0.15, -0.1) is 0 Å². The van der Waals surface area contributed by atoms with Crippen LogP contribution >= 0.6 is 0 Å². The van der Waals surface area contributed by atoms with Gasteiger partial charge in [0.2, 0.25) is 0 Å². The van der Waals surface area contributed by atoms with Gasteiger partial charge in [-0.25, -0.2) is 0 Å². The Kier molecular flexibility index (Phi) is 5.60. The van der Waals surface area contributed by atoms with E-state index in [0.29, 0.717) is 24.3 Å². The van der Waals surface area contributed by atoms with Crippen molar-refractivity contribution in [2.75, 3.05) is 7.11 Å². The minimum atomic E-state index is -1.41. The van der Waals surface area contributed by atoms with E-state index in [9.17, 15) is 14.4 Å². The number of Topliss-reactive ketones (excluding diaryl/α,β-unsaturated/α-hetero) is 1. The molecule has 0 aromatic carbocycles. The molecule has 6 heteroatoms. The van der Waals surface area contributed by atoms with Crippen molar-refractivity contribution in [3.63, 3.8) is 0 Å². The van der Waals surface area contributed by atoms with E-state index in [2.05, 4.69) is 20.4 Å². The number of hydrogen-bond donors (Lipinski definition) is 0. The van der Waals surface area contributed by atoms with E-state index < -0.39 is 29.2 Å². The highest BCUT2D eigenvalue weighted by Gasteiger charge is 2.69. The lowest BCUT2D eigenvalue weighted by atomic mass is 9.55. The van der Waals surface area contributed by atoms with Crippen LogP contribution in [0.4, 0.5) is 0 Å². The zero-order valence-corrected chi connectivity index (χ0v) is 19.4. The molecule has 9 atom stereocenters. The number of ether oxygens (including phenoxy) is 3. The number of carbonyl (C=O) groups excluding carboxylic acids is 3. The fourth-order valence-electron chi connectivity index (χ4n) is 6.96. The highest BCUT2D eigenvalue weighted by molar-refractivity contribution is 6.13. The summed E-state index contributed by atoms with van der Waals surface area (Å²) in [7, 11) is 1.41. The average molecular weight is 433 g/mol. The van der Waals surface area contributed by atoms with Crippen LogP contribution in [0, 0.1) is 35.0 Å². The molecular weight excluding hydrogens is 396 g/mol. The smallest absolute Gasteiger partial charge is 0.322 e. The molecule has 31 heavy (non-hydrogen) atoms. The molecule has 0 aromatic rings. The number of esters is 2. The maximum absolute atomic E-state index is 13.5. The molecule has 3 saturated heterocycles. The van der Waals surface area contributed by atoms with Crippen molar-refractivity contribution >= 4 is 17.7 Å². The molecular formula is C25H36O6. The summed E-state index contributed by atoms with van der Waals surface area (Å²) in [6.07, 6.45) is 3.69. The monoisotopic (exact) mass is 432 g/mol. The van der Waals surface area contributed by atoms with E-state index in [-0.39, 0.29) is 35.4 Å². The second kappa shape index (κ2) is 7.72. The molecule has 0 N–H and O–H groups in total. The van der Waals surface area contributed by atoms with Gasteiger partial charge < -0.3 is 14.2 Å². The van der Waals surface area contributed by atoms with Gasteiger partial charge in [0.1, 0.15) is 5.60 Å². The van der Waals surface area contributed by atoms with Gasteiger partial charge in [0.25, 0.3) is 0 Å².